The summed E-state index contributed by atoms with van der Waals surface area (Å²) in [7, 11) is 6.46. The van der Waals surface area contributed by atoms with Gasteiger partial charge in [0.25, 0.3) is 0 Å². The highest BCUT2D eigenvalue weighted by Crippen LogP contribution is 2.49. The van der Waals surface area contributed by atoms with Crippen LogP contribution < -0.4 is 18.9 Å². The van der Waals surface area contributed by atoms with Crippen molar-refractivity contribution in [3.8, 4) is 46.7 Å². The minimum atomic E-state index is 0.191. The van der Waals surface area contributed by atoms with E-state index in [2.05, 4.69) is 23.7 Å². The fraction of sp³-hybridized carbons (Fsp3) is 0.565. The van der Waals surface area contributed by atoms with E-state index >= 15 is 0 Å². The molecule has 0 aliphatic heterocycles. The number of rotatable bonds is 10. The molecule has 0 amide bonds. The molecule has 5 heteroatoms. The smallest absolute Gasteiger partial charge is 0.207 e. The summed E-state index contributed by atoms with van der Waals surface area (Å²) in [6.45, 7) is 2.20. The van der Waals surface area contributed by atoms with E-state index < -0.39 is 0 Å². The van der Waals surface area contributed by atoms with E-state index in [1.807, 2.05) is 6.92 Å². The number of hydrogen-bond acceptors (Lipinski definition) is 5. The zero-order chi connectivity index (χ0) is 20.8. The van der Waals surface area contributed by atoms with Crippen molar-refractivity contribution in [2.45, 2.75) is 51.9 Å². The van der Waals surface area contributed by atoms with Gasteiger partial charge in [0, 0.05) is 30.6 Å². The molecule has 0 aliphatic carbocycles. The zero-order valence-corrected chi connectivity index (χ0v) is 17.7. The molecule has 0 fully saturated rings. The van der Waals surface area contributed by atoms with Gasteiger partial charge >= 0.3 is 0 Å². The molecule has 0 saturated carbocycles. The molecule has 0 heterocycles. The topological polar surface area (TPSA) is 57.2 Å². The highest BCUT2D eigenvalue weighted by molar-refractivity contribution is 5.66. The quantitative estimate of drug-likeness (QED) is 0.486. The summed E-state index contributed by atoms with van der Waals surface area (Å²) in [5.74, 6) is 14.7. The van der Waals surface area contributed by atoms with Crippen molar-refractivity contribution in [3.05, 3.63) is 11.1 Å². The maximum atomic E-state index is 8.68. The van der Waals surface area contributed by atoms with Crippen LogP contribution >= 0.6 is 0 Å². The lowest BCUT2D eigenvalue weighted by atomic mass is 9.98. The standard InChI is InChI=1S/C23H32O5/c1-18-19(16-14-12-10-8-6-7-9-11-13-15-17-24)21(26-3)23(28-5)22(27-4)20(18)25-2/h24H,7,10,12-17H2,1-5H3. The van der Waals surface area contributed by atoms with Crippen LogP contribution in [0, 0.1) is 30.6 Å². The predicted molar refractivity (Wildman–Crippen MR) is 111 cm³/mol. The fourth-order valence-electron chi connectivity index (χ4n) is 2.98. The van der Waals surface area contributed by atoms with Gasteiger partial charge in [-0.05, 0) is 32.6 Å². The Bertz CT molecular complexity index is 732. The van der Waals surface area contributed by atoms with E-state index in [1.165, 1.54) is 0 Å². The Morgan fingerprint density at radius 1 is 0.679 bits per heavy atom. The fourth-order valence-corrected chi connectivity index (χ4v) is 2.98. The van der Waals surface area contributed by atoms with Crippen LogP contribution in [0.25, 0.3) is 0 Å². The molecule has 28 heavy (non-hydrogen) atoms. The van der Waals surface area contributed by atoms with Gasteiger partial charge in [-0.3, -0.25) is 0 Å². The summed E-state index contributed by atoms with van der Waals surface area (Å²) in [5, 5.41) is 8.68. The first-order valence-electron chi connectivity index (χ1n) is 9.53. The summed E-state index contributed by atoms with van der Waals surface area (Å²) in [4.78, 5) is 0. The van der Waals surface area contributed by atoms with Gasteiger partial charge in [-0.1, -0.05) is 11.8 Å². The van der Waals surface area contributed by atoms with Crippen LogP contribution in [-0.2, 0) is 6.42 Å². The van der Waals surface area contributed by atoms with Gasteiger partial charge < -0.3 is 24.1 Å². The molecule has 0 aromatic heterocycles. The van der Waals surface area contributed by atoms with Gasteiger partial charge in [0.1, 0.15) is 0 Å². The molecule has 1 aromatic carbocycles. The molecule has 0 bridgehead atoms. The van der Waals surface area contributed by atoms with Gasteiger partial charge in [-0.15, -0.1) is 11.8 Å². The second kappa shape index (κ2) is 13.6. The van der Waals surface area contributed by atoms with E-state index in [4.69, 9.17) is 24.1 Å². The Labute approximate surface area is 169 Å². The molecule has 0 saturated heterocycles. The van der Waals surface area contributed by atoms with E-state index in [-0.39, 0.29) is 6.61 Å². The normalized spacial score (nSPS) is 9.64. The SMILES string of the molecule is COc1c(C)c(CCCCC#CCC#CCCCO)c(OC)c(OC)c1OC. The Kier molecular flexibility index (Phi) is 11.5. The summed E-state index contributed by atoms with van der Waals surface area (Å²) in [5.41, 5.74) is 2.07. The number of hydrogen-bond donors (Lipinski definition) is 1. The van der Waals surface area contributed by atoms with Crippen molar-refractivity contribution in [3.63, 3.8) is 0 Å². The van der Waals surface area contributed by atoms with Crippen LogP contribution in [0.4, 0.5) is 0 Å². The first-order valence-corrected chi connectivity index (χ1v) is 9.53. The Hall–Kier alpha value is -2.50. The van der Waals surface area contributed by atoms with Gasteiger partial charge in [0.05, 0.1) is 34.9 Å². The second-order valence-electron chi connectivity index (χ2n) is 6.15. The van der Waals surface area contributed by atoms with Crippen LogP contribution in [0.3, 0.4) is 0 Å². The minimum Gasteiger partial charge on any atom is -0.492 e. The number of benzene rings is 1. The van der Waals surface area contributed by atoms with Crippen molar-refractivity contribution in [2.75, 3.05) is 35.0 Å². The van der Waals surface area contributed by atoms with Crippen molar-refractivity contribution in [1.82, 2.24) is 0 Å². The van der Waals surface area contributed by atoms with Gasteiger partial charge in [0.2, 0.25) is 11.5 Å². The summed E-state index contributed by atoms with van der Waals surface area (Å²) in [6.07, 6.45) is 5.69. The lowest BCUT2D eigenvalue weighted by molar-refractivity contribution is 0.290. The Balaban J connectivity index is 2.71. The third kappa shape index (κ3) is 6.59. The number of unbranched alkanes of at least 4 members (excludes halogenated alkanes) is 3. The predicted octanol–water partition coefficient (Wildman–Crippen LogP) is 3.91. The average molecular weight is 389 g/mol. The van der Waals surface area contributed by atoms with E-state index in [9.17, 15) is 0 Å². The third-order valence-corrected chi connectivity index (χ3v) is 4.37. The maximum Gasteiger partial charge on any atom is 0.207 e. The van der Waals surface area contributed by atoms with E-state index in [0.29, 0.717) is 29.4 Å². The second-order valence-corrected chi connectivity index (χ2v) is 6.15. The maximum absolute atomic E-state index is 8.68. The molecule has 1 rings (SSSR count). The largest absolute Gasteiger partial charge is 0.492 e. The third-order valence-electron chi connectivity index (χ3n) is 4.37. The average Bonchev–Trinajstić information content (AvgIpc) is 2.71. The van der Waals surface area contributed by atoms with Crippen LogP contribution in [0.15, 0.2) is 0 Å². The van der Waals surface area contributed by atoms with Gasteiger partial charge in [-0.2, -0.15) is 0 Å². The highest BCUT2D eigenvalue weighted by atomic mass is 16.5. The van der Waals surface area contributed by atoms with Crippen LogP contribution in [-0.4, -0.2) is 40.2 Å². The molecule has 154 valence electrons. The number of aliphatic hydroxyl groups is 1. The summed E-state index contributed by atoms with van der Waals surface area (Å²) >= 11 is 0. The monoisotopic (exact) mass is 388 g/mol. The summed E-state index contributed by atoms with van der Waals surface area (Å²) in [6, 6.07) is 0. The van der Waals surface area contributed by atoms with Crippen molar-refractivity contribution in [1.29, 1.82) is 0 Å². The molecule has 0 atom stereocenters. The molecular formula is C23H32O5. The lowest BCUT2D eigenvalue weighted by Gasteiger charge is -2.21. The zero-order valence-electron chi connectivity index (χ0n) is 17.7. The van der Waals surface area contributed by atoms with Gasteiger partial charge in [-0.25, -0.2) is 0 Å². The van der Waals surface area contributed by atoms with Crippen molar-refractivity contribution < 1.29 is 24.1 Å². The molecule has 0 radical (unpaired) electrons. The van der Waals surface area contributed by atoms with Crippen molar-refractivity contribution >= 4 is 0 Å². The highest BCUT2D eigenvalue weighted by Gasteiger charge is 2.24. The number of methoxy groups -OCH3 is 4. The van der Waals surface area contributed by atoms with Crippen LogP contribution in [0.2, 0.25) is 0 Å². The lowest BCUT2D eigenvalue weighted by Crippen LogP contribution is -2.05. The molecular weight excluding hydrogens is 356 g/mol. The van der Waals surface area contributed by atoms with Crippen LogP contribution in [0.5, 0.6) is 23.0 Å². The molecule has 0 spiro atoms. The Morgan fingerprint density at radius 3 is 1.75 bits per heavy atom. The first-order chi connectivity index (χ1) is 13.7. The molecule has 1 N–H and O–H groups in total. The molecule has 1 aromatic rings. The van der Waals surface area contributed by atoms with Gasteiger partial charge in [0.15, 0.2) is 11.5 Å². The minimum absolute atomic E-state index is 0.191. The molecule has 0 aliphatic rings. The van der Waals surface area contributed by atoms with Crippen molar-refractivity contribution in [2.24, 2.45) is 0 Å². The molecule has 5 nitrogen and oxygen atoms in total. The Morgan fingerprint density at radius 2 is 1.21 bits per heavy atom. The number of aliphatic hydroxyl groups excluding tert-OH is 1. The summed E-state index contributed by atoms with van der Waals surface area (Å²) < 4.78 is 22.2. The van der Waals surface area contributed by atoms with E-state index in [0.717, 1.165) is 49.7 Å². The van der Waals surface area contributed by atoms with E-state index in [1.54, 1.807) is 28.4 Å². The molecule has 0 unspecified atom stereocenters. The first kappa shape index (κ1) is 23.5. The van der Waals surface area contributed by atoms with Crippen LogP contribution in [0.1, 0.15) is 49.7 Å². The number of ether oxygens (including phenoxy) is 4.